The number of benzene rings is 1. The first kappa shape index (κ1) is 13.6. The van der Waals surface area contributed by atoms with Crippen molar-refractivity contribution < 1.29 is 4.79 Å². The SMILES string of the molecule is O=C(CSc1ccncc1)Nc1ccc2ccccc2n1. The number of hydrogen-bond donors (Lipinski definition) is 1. The van der Waals surface area contributed by atoms with Gasteiger partial charge in [0.15, 0.2) is 0 Å². The third kappa shape index (κ3) is 3.58. The first-order valence-corrected chi connectivity index (χ1v) is 7.48. The molecule has 1 amide bonds. The molecule has 0 aliphatic carbocycles. The first-order valence-electron chi connectivity index (χ1n) is 6.50. The molecular formula is C16H13N3OS. The van der Waals surface area contributed by atoms with Gasteiger partial charge in [0.25, 0.3) is 0 Å². The van der Waals surface area contributed by atoms with E-state index in [0.717, 1.165) is 15.8 Å². The third-order valence-electron chi connectivity index (χ3n) is 2.89. The van der Waals surface area contributed by atoms with E-state index in [1.807, 2.05) is 48.5 Å². The van der Waals surface area contributed by atoms with Crippen LogP contribution in [0.1, 0.15) is 0 Å². The van der Waals surface area contributed by atoms with Crippen molar-refractivity contribution in [1.82, 2.24) is 9.97 Å². The van der Waals surface area contributed by atoms with Gasteiger partial charge in [0, 0.05) is 22.7 Å². The van der Waals surface area contributed by atoms with Crippen LogP contribution < -0.4 is 5.32 Å². The fourth-order valence-electron chi connectivity index (χ4n) is 1.90. The number of anilines is 1. The van der Waals surface area contributed by atoms with Crippen molar-refractivity contribution in [3.63, 3.8) is 0 Å². The monoisotopic (exact) mass is 295 g/mol. The highest BCUT2D eigenvalue weighted by Gasteiger charge is 2.05. The lowest BCUT2D eigenvalue weighted by atomic mass is 10.2. The zero-order chi connectivity index (χ0) is 14.5. The van der Waals surface area contributed by atoms with Crippen LogP contribution in [0.3, 0.4) is 0 Å². The van der Waals surface area contributed by atoms with E-state index in [2.05, 4.69) is 15.3 Å². The van der Waals surface area contributed by atoms with Gasteiger partial charge in [0.2, 0.25) is 5.91 Å². The minimum Gasteiger partial charge on any atom is -0.310 e. The van der Waals surface area contributed by atoms with Crippen LogP contribution in [0.25, 0.3) is 10.9 Å². The van der Waals surface area contributed by atoms with E-state index in [-0.39, 0.29) is 5.91 Å². The van der Waals surface area contributed by atoms with E-state index in [4.69, 9.17) is 0 Å². The maximum atomic E-state index is 11.9. The standard InChI is InChI=1S/C16H13N3OS/c20-16(11-21-13-7-9-17-10-8-13)19-15-6-5-12-3-1-2-4-14(12)18-15/h1-10H,11H2,(H,18,19,20). The molecular weight excluding hydrogens is 282 g/mol. The summed E-state index contributed by atoms with van der Waals surface area (Å²) >= 11 is 1.47. The van der Waals surface area contributed by atoms with Gasteiger partial charge in [0.05, 0.1) is 11.3 Å². The lowest BCUT2D eigenvalue weighted by Gasteiger charge is -2.05. The van der Waals surface area contributed by atoms with Gasteiger partial charge in [-0.15, -0.1) is 11.8 Å². The van der Waals surface area contributed by atoms with Gasteiger partial charge in [0.1, 0.15) is 5.82 Å². The van der Waals surface area contributed by atoms with Crippen LogP contribution in [0.2, 0.25) is 0 Å². The smallest absolute Gasteiger partial charge is 0.235 e. The molecule has 104 valence electrons. The Balaban J connectivity index is 1.63. The average Bonchev–Trinajstić information content (AvgIpc) is 2.54. The molecule has 0 bridgehead atoms. The molecule has 0 aliphatic heterocycles. The second-order valence-corrected chi connectivity index (χ2v) is 5.46. The predicted molar refractivity (Wildman–Crippen MR) is 85.3 cm³/mol. The third-order valence-corrected chi connectivity index (χ3v) is 3.90. The van der Waals surface area contributed by atoms with Crippen LogP contribution >= 0.6 is 11.8 Å². The fraction of sp³-hybridized carbons (Fsp3) is 0.0625. The van der Waals surface area contributed by atoms with Crippen molar-refractivity contribution in [3.05, 3.63) is 60.9 Å². The zero-order valence-electron chi connectivity index (χ0n) is 11.2. The van der Waals surface area contributed by atoms with Gasteiger partial charge in [-0.2, -0.15) is 0 Å². The molecule has 0 saturated heterocycles. The highest BCUT2D eigenvalue weighted by atomic mass is 32.2. The summed E-state index contributed by atoms with van der Waals surface area (Å²) in [4.78, 5) is 21.3. The van der Waals surface area contributed by atoms with E-state index in [0.29, 0.717) is 11.6 Å². The predicted octanol–water partition coefficient (Wildman–Crippen LogP) is 3.36. The molecule has 4 nitrogen and oxygen atoms in total. The molecule has 1 N–H and O–H groups in total. The lowest BCUT2D eigenvalue weighted by Crippen LogP contribution is -2.14. The summed E-state index contributed by atoms with van der Waals surface area (Å²) in [5, 5.41) is 3.87. The zero-order valence-corrected chi connectivity index (χ0v) is 12.0. The second kappa shape index (κ2) is 6.37. The minimum absolute atomic E-state index is 0.0698. The molecule has 0 aliphatic rings. The molecule has 3 rings (SSSR count). The summed E-state index contributed by atoms with van der Waals surface area (Å²) in [6, 6.07) is 15.3. The van der Waals surface area contributed by atoms with Crippen LogP contribution in [-0.4, -0.2) is 21.6 Å². The number of amides is 1. The molecule has 0 fully saturated rings. The van der Waals surface area contributed by atoms with Crippen LogP contribution in [0, 0.1) is 0 Å². The number of carbonyl (C=O) groups is 1. The summed E-state index contributed by atoms with van der Waals surface area (Å²) in [6.07, 6.45) is 3.43. The number of nitrogens with one attached hydrogen (secondary N) is 1. The Labute approximate surface area is 126 Å². The number of thioether (sulfide) groups is 1. The Kier molecular flexibility index (Phi) is 4.12. The number of rotatable bonds is 4. The van der Waals surface area contributed by atoms with Crippen LogP contribution in [-0.2, 0) is 4.79 Å². The van der Waals surface area contributed by atoms with E-state index in [1.54, 1.807) is 12.4 Å². The second-order valence-electron chi connectivity index (χ2n) is 4.41. The van der Waals surface area contributed by atoms with Crippen LogP contribution in [0.15, 0.2) is 65.8 Å². The quantitative estimate of drug-likeness (QED) is 0.750. The summed E-state index contributed by atoms with van der Waals surface area (Å²) in [7, 11) is 0. The molecule has 0 atom stereocenters. The van der Waals surface area contributed by atoms with Crippen molar-refractivity contribution in [3.8, 4) is 0 Å². The number of pyridine rings is 2. The molecule has 5 heteroatoms. The molecule has 0 radical (unpaired) electrons. The molecule has 2 aromatic heterocycles. The first-order chi connectivity index (χ1) is 10.3. The Morgan fingerprint density at radius 2 is 1.86 bits per heavy atom. The number of aromatic nitrogens is 2. The highest BCUT2D eigenvalue weighted by Crippen LogP contribution is 2.17. The average molecular weight is 295 g/mol. The molecule has 1 aromatic carbocycles. The van der Waals surface area contributed by atoms with Gasteiger partial charge in [-0.3, -0.25) is 9.78 Å². The molecule has 21 heavy (non-hydrogen) atoms. The number of fused-ring (bicyclic) bond motifs is 1. The highest BCUT2D eigenvalue weighted by molar-refractivity contribution is 8.00. The molecule has 2 heterocycles. The van der Waals surface area contributed by atoms with Crippen molar-refractivity contribution in [2.24, 2.45) is 0 Å². The van der Waals surface area contributed by atoms with Crippen molar-refractivity contribution >= 4 is 34.4 Å². The maximum Gasteiger partial charge on any atom is 0.235 e. The Hall–Kier alpha value is -2.40. The Morgan fingerprint density at radius 1 is 1.05 bits per heavy atom. The Bertz CT molecular complexity index is 762. The molecule has 0 saturated carbocycles. The Morgan fingerprint density at radius 3 is 2.71 bits per heavy atom. The van der Waals surface area contributed by atoms with E-state index in [9.17, 15) is 4.79 Å². The number of nitrogens with zero attached hydrogens (tertiary/aromatic N) is 2. The summed E-state index contributed by atoms with van der Waals surface area (Å²) in [5.74, 6) is 0.854. The topological polar surface area (TPSA) is 54.9 Å². The number of para-hydroxylation sites is 1. The largest absolute Gasteiger partial charge is 0.310 e. The lowest BCUT2D eigenvalue weighted by molar-refractivity contribution is -0.113. The van der Waals surface area contributed by atoms with E-state index < -0.39 is 0 Å². The van der Waals surface area contributed by atoms with Crippen molar-refractivity contribution in [2.75, 3.05) is 11.1 Å². The van der Waals surface area contributed by atoms with Gasteiger partial charge in [-0.1, -0.05) is 18.2 Å². The van der Waals surface area contributed by atoms with Crippen molar-refractivity contribution in [1.29, 1.82) is 0 Å². The van der Waals surface area contributed by atoms with Crippen LogP contribution in [0.5, 0.6) is 0 Å². The normalized spacial score (nSPS) is 10.5. The maximum absolute atomic E-state index is 11.9. The minimum atomic E-state index is -0.0698. The molecule has 0 unspecified atom stereocenters. The van der Waals surface area contributed by atoms with Gasteiger partial charge in [-0.05, 0) is 30.3 Å². The van der Waals surface area contributed by atoms with Gasteiger partial charge < -0.3 is 5.32 Å². The van der Waals surface area contributed by atoms with Gasteiger partial charge in [-0.25, -0.2) is 4.98 Å². The van der Waals surface area contributed by atoms with Gasteiger partial charge >= 0.3 is 0 Å². The van der Waals surface area contributed by atoms with E-state index in [1.165, 1.54) is 11.8 Å². The fourth-order valence-corrected chi connectivity index (χ4v) is 2.58. The summed E-state index contributed by atoms with van der Waals surface area (Å²) < 4.78 is 0. The summed E-state index contributed by atoms with van der Waals surface area (Å²) in [6.45, 7) is 0. The summed E-state index contributed by atoms with van der Waals surface area (Å²) in [5.41, 5.74) is 0.872. The van der Waals surface area contributed by atoms with E-state index >= 15 is 0 Å². The van der Waals surface area contributed by atoms with Crippen LogP contribution in [0.4, 0.5) is 5.82 Å². The van der Waals surface area contributed by atoms with Crippen molar-refractivity contribution in [2.45, 2.75) is 4.90 Å². The number of carbonyl (C=O) groups excluding carboxylic acids is 1. The molecule has 3 aromatic rings. The molecule has 0 spiro atoms. The number of hydrogen-bond acceptors (Lipinski definition) is 4.